The van der Waals surface area contributed by atoms with E-state index in [-0.39, 0.29) is 0 Å². The molecule has 2 aromatic rings. The first-order chi connectivity index (χ1) is 10.1. The van der Waals surface area contributed by atoms with E-state index in [1.54, 1.807) is 24.5 Å². The van der Waals surface area contributed by atoms with Crippen molar-refractivity contribution in [3.8, 4) is 5.75 Å². The Balaban J connectivity index is 1.91. The van der Waals surface area contributed by atoms with Crippen LogP contribution in [0, 0.1) is 5.92 Å². The van der Waals surface area contributed by atoms with Gasteiger partial charge in [0, 0.05) is 11.6 Å². The zero-order chi connectivity index (χ0) is 15.2. The van der Waals surface area contributed by atoms with Crippen LogP contribution in [0.3, 0.4) is 0 Å². The Kier molecular flexibility index (Phi) is 5.97. The summed E-state index contributed by atoms with van der Waals surface area (Å²) in [6.07, 6.45) is 1.68. The van der Waals surface area contributed by atoms with Crippen molar-refractivity contribution in [3.05, 3.63) is 51.9 Å². The molecule has 2 rings (SSSR count). The molecule has 3 nitrogen and oxygen atoms in total. The third-order valence-corrected chi connectivity index (χ3v) is 3.70. The second-order valence-corrected chi connectivity index (χ2v) is 6.07. The van der Waals surface area contributed by atoms with Crippen molar-refractivity contribution in [1.29, 1.82) is 0 Å². The maximum atomic E-state index is 5.96. The highest BCUT2D eigenvalue weighted by atomic mass is 35.5. The fourth-order valence-corrected chi connectivity index (χ4v) is 2.14. The van der Waals surface area contributed by atoms with Crippen LogP contribution in [0.25, 0.3) is 0 Å². The van der Waals surface area contributed by atoms with E-state index in [1.807, 2.05) is 6.07 Å². The Morgan fingerprint density at radius 3 is 2.71 bits per heavy atom. The van der Waals surface area contributed by atoms with Gasteiger partial charge in [0.25, 0.3) is 0 Å². The van der Waals surface area contributed by atoms with Crippen molar-refractivity contribution in [2.75, 3.05) is 6.54 Å². The van der Waals surface area contributed by atoms with Crippen molar-refractivity contribution in [3.63, 3.8) is 0 Å². The van der Waals surface area contributed by atoms with Crippen molar-refractivity contribution in [1.82, 2.24) is 5.32 Å². The molecular weight excluding hydrogens is 309 g/mol. The van der Waals surface area contributed by atoms with Gasteiger partial charge in [-0.25, -0.2) is 0 Å². The molecule has 1 N–H and O–H groups in total. The molecule has 0 aliphatic heterocycles. The average Bonchev–Trinajstić information content (AvgIpc) is 2.87. The summed E-state index contributed by atoms with van der Waals surface area (Å²) in [7, 11) is 0. The van der Waals surface area contributed by atoms with Gasteiger partial charge in [-0.1, -0.05) is 37.0 Å². The van der Waals surface area contributed by atoms with Crippen LogP contribution in [-0.4, -0.2) is 6.54 Å². The molecule has 0 radical (unpaired) electrons. The van der Waals surface area contributed by atoms with Crippen LogP contribution in [0.2, 0.25) is 10.0 Å². The quantitative estimate of drug-likeness (QED) is 0.784. The zero-order valence-electron chi connectivity index (χ0n) is 12.2. The number of benzene rings is 1. The summed E-state index contributed by atoms with van der Waals surface area (Å²) in [5.41, 5.74) is 1.03. The largest absolute Gasteiger partial charge is 0.489 e. The van der Waals surface area contributed by atoms with Gasteiger partial charge in [0.2, 0.25) is 0 Å². The average molecular weight is 328 g/mol. The summed E-state index contributed by atoms with van der Waals surface area (Å²) in [6.45, 7) is 6.43. The van der Waals surface area contributed by atoms with Crippen molar-refractivity contribution >= 4 is 23.2 Å². The lowest BCUT2D eigenvalue weighted by Gasteiger charge is -2.09. The molecule has 0 atom stereocenters. The number of rotatable bonds is 7. The summed E-state index contributed by atoms with van der Waals surface area (Å²) < 4.78 is 11.2. The molecule has 0 bridgehead atoms. The van der Waals surface area contributed by atoms with Crippen molar-refractivity contribution in [2.45, 2.75) is 27.0 Å². The molecule has 0 amide bonds. The Bertz CT molecular complexity index is 581. The summed E-state index contributed by atoms with van der Waals surface area (Å²) in [5.74, 6) is 2.19. The van der Waals surface area contributed by atoms with Crippen LogP contribution in [0.1, 0.15) is 25.2 Å². The smallest absolute Gasteiger partial charge is 0.124 e. The molecule has 21 heavy (non-hydrogen) atoms. The lowest BCUT2D eigenvalue weighted by atomic mass is 10.2. The van der Waals surface area contributed by atoms with E-state index in [1.165, 1.54) is 0 Å². The first-order valence-electron chi connectivity index (χ1n) is 6.90. The number of halogens is 2. The molecule has 114 valence electrons. The van der Waals surface area contributed by atoms with Crippen LogP contribution in [0.4, 0.5) is 0 Å². The Labute approximate surface area is 135 Å². The lowest BCUT2D eigenvalue weighted by molar-refractivity contribution is 0.301. The summed E-state index contributed by atoms with van der Waals surface area (Å²) in [4.78, 5) is 0. The Morgan fingerprint density at radius 1 is 1.19 bits per heavy atom. The highest BCUT2D eigenvalue weighted by Crippen LogP contribution is 2.27. The van der Waals surface area contributed by atoms with Gasteiger partial charge >= 0.3 is 0 Å². The molecule has 1 heterocycles. The molecule has 0 aliphatic rings. The van der Waals surface area contributed by atoms with E-state index in [0.29, 0.717) is 34.9 Å². The minimum Gasteiger partial charge on any atom is -0.489 e. The van der Waals surface area contributed by atoms with Gasteiger partial charge in [0.1, 0.15) is 18.1 Å². The maximum absolute atomic E-state index is 5.96. The molecule has 0 saturated heterocycles. The van der Waals surface area contributed by atoms with Gasteiger partial charge < -0.3 is 14.5 Å². The third kappa shape index (κ3) is 4.95. The second kappa shape index (κ2) is 7.74. The monoisotopic (exact) mass is 327 g/mol. The van der Waals surface area contributed by atoms with Crippen LogP contribution in [0.5, 0.6) is 5.75 Å². The third-order valence-electron chi connectivity index (χ3n) is 2.96. The lowest BCUT2D eigenvalue weighted by Crippen LogP contribution is -2.19. The van der Waals surface area contributed by atoms with E-state index in [4.69, 9.17) is 32.4 Å². The normalized spacial score (nSPS) is 11.1. The summed E-state index contributed by atoms with van der Waals surface area (Å²) >= 11 is 11.8. The van der Waals surface area contributed by atoms with Crippen molar-refractivity contribution < 1.29 is 9.15 Å². The van der Waals surface area contributed by atoms with E-state index in [9.17, 15) is 0 Å². The summed E-state index contributed by atoms with van der Waals surface area (Å²) in [5, 5.41) is 4.36. The number of nitrogens with one attached hydrogen (secondary N) is 1. The second-order valence-electron chi connectivity index (χ2n) is 5.26. The van der Waals surface area contributed by atoms with Gasteiger partial charge in [0.15, 0.2) is 0 Å². The molecule has 0 aliphatic carbocycles. The number of hydrogen-bond acceptors (Lipinski definition) is 3. The van der Waals surface area contributed by atoms with E-state index >= 15 is 0 Å². The Hall–Kier alpha value is -1.16. The minimum atomic E-state index is 0.438. The van der Waals surface area contributed by atoms with Crippen molar-refractivity contribution in [2.24, 2.45) is 5.92 Å². The van der Waals surface area contributed by atoms with Gasteiger partial charge in [0.05, 0.1) is 22.9 Å². The maximum Gasteiger partial charge on any atom is 0.124 e. The van der Waals surface area contributed by atoms with Crippen LogP contribution >= 0.6 is 23.2 Å². The van der Waals surface area contributed by atoms with Crippen LogP contribution < -0.4 is 10.1 Å². The fraction of sp³-hybridized carbons (Fsp3) is 0.375. The van der Waals surface area contributed by atoms with Gasteiger partial charge in [-0.2, -0.15) is 0 Å². The highest BCUT2D eigenvalue weighted by Gasteiger charge is 2.08. The van der Waals surface area contributed by atoms with Gasteiger partial charge in [-0.15, -0.1) is 0 Å². The zero-order valence-corrected chi connectivity index (χ0v) is 13.7. The van der Waals surface area contributed by atoms with Gasteiger partial charge in [-0.3, -0.25) is 0 Å². The first-order valence-corrected chi connectivity index (χ1v) is 7.65. The minimum absolute atomic E-state index is 0.438. The van der Waals surface area contributed by atoms with Crippen LogP contribution in [-0.2, 0) is 13.2 Å². The number of hydrogen-bond donors (Lipinski definition) is 1. The first kappa shape index (κ1) is 16.2. The number of ether oxygens (including phenoxy) is 1. The molecular formula is C16H19Cl2NO2. The fourth-order valence-electron chi connectivity index (χ4n) is 1.85. The molecule has 0 unspecified atom stereocenters. The Morgan fingerprint density at radius 2 is 2.00 bits per heavy atom. The van der Waals surface area contributed by atoms with E-state index in [2.05, 4.69) is 19.2 Å². The van der Waals surface area contributed by atoms with E-state index in [0.717, 1.165) is 17.9 Å². The summed E-state index contributed by atoms with van der Waals surface area (Å²) in [6, 6.07) is 7.15. The molecule has 5 heteroatoms. The van der Waals surface area contributed by atoms with E-state index < -0.39 is 0 Å². The standard InChI is InChI=1S/C16H19Cl2NO2/c1-11(2)8-19-9-16-12(5-6-20-16)10-21-13-3-4-14(17)15(18)7-13/h3-7,11,19H,8-10H2,1-2H3. The highest BCUT2D eigenvalue weighted by molar-refractivity contribution is 6.42. The number of furan rings is 1. The SMILES string of the molecule is CC(C)CNCc1occc1COc1ccc(Cl)c(Cl)c1. The molecule has 0 saturated carbocycles. The molecule has 0 fully saturated rings. The molecule has 0 spiro atoms. The predicted molar refractivity (Wildman–Crippen MR) is 86.0 cm³/mol. The molecule has 1 aromatic carbocycles. The van der Waals surface area contributed by atoms with Gasteiger partial charge in [-0.05, 0) is 30.7 Å². The molecule has 1 aromatic heterocycles. The van der Waals surface area contributed by atoms with Crippen LogP contribution in [0.15, 0.2) is 34.9 Å². The predicted octanol–water partition coefficient (Wildman–Crippen LogP) is 4.91. The topological polar surface area (TPSA) is 34.4 Å².